The van der Waals surface area contributed by atoms with Crippen LogP contribution in [0.15, 0.2) is 48.9 Å². The van der Waals surface area contributed by atoms with Crippen molar-refractivity contribution < 1.29 is 14.3 Å². The van der Waals surface area contributed by atoms with Crippen LogP contribution in [0.3, 0.4) is 0 Å². The van der Waals surface area contributed by atoms with Crippen LogP contribution < -0.4 is 5.32 Å². The molecule has 2 amide bonds. The summed E-state index contributed by atoms with van der Waals surface area (Å²) in [4.78, 5) is 37.5. The van der Waals surface area contributed by atoms with E-state index < -0.39 is 0 Å². The first kappa shape index (κ1) is 21.9. The van der Waals surface area contributed by atoms with Crippen LogP contribution in [-0.4, -0.2) is 77.5 Å². The molecular weight excluding hydrogens is 382 g/mol. The zero-order chi connectivity index (χ0) is 21.2. The molecule has 1 aromatic heterocycles. The van der Waals surface area contributed by atoms with Gasteiger partial charge in [-0.25, -0.2) is 4.98 Å². The second kappa shape index (κ2) is 11.4. The van der Waals surface area contributed by atoms with Crippen molar-refractivity contribution in [3.63, 3.8) is 0 Å². The van der Waals surface area contributed by atoms with Gasteiger partial charge < -0.3 is 15.0 Å². The molecule has 1 saturated heterocycles. The first-order valence-corrected chi connectivity index (χ1v) is 10.3. The Balaban J connectivity index is 1.56. The summed E-state index contributed by atoms with van der Waals surface area (Å²) in [5.41, 5.74) is 1.34. The van der Waals surface area contributed by atoms with Gasteiger partial charge >= 0.3 is 0 Å². The molecule has 3 rings (SSSR count). The molecule has 0 bridgehead atoms. The summed E-state index contributed by atoms with van der Waals surface area (Å²) in [6.07, 6.45) is 4.73. The molecule has 0 radical (unpaired) electrons. The van der Waals surface area contributed by atoms with Crippen molar-refractivity contribution in [3.05, 3.63) is 60.2 Å². The van der Waals surface area contributed by atoms with Crippen molar-refractivity contribution in [3.8, 4) is 0 Å². The molecule has 1 aromatic carbocycles. The third kappa shape index (κ3) is 6.60. The topological polar surface area (TPSA) is 87.7 Å². The van der Waals surface area contributed by atoms with Crippen molar-refractivity contribution in [1.29, 1.82) is 0 Å². The molecule has 0 spiro atoms. The van der Waals surface area contributed by atoms with Crippen LogP contribution in [0, 0.1) is 0 Å². The summed E-state index contributed by atoms with van der Waals surface area (Å²) in [6, 6.07) is 9.73. The van der Waals surface area contributed by atoms with Gasteiger partial charge in [-0.15, -0.1) is 0 Å². The van der Waals surface area contributed by atoms with E-state index in [1.54, 1.807) is 4.90 Å². The van der Waals surface area contributed by atoms with E-state index in [1.807, 2.05) is 37.3 Å². The van der Waals surface area contributed by atoms with Gasteiger partial charge in [0.15, 0.2) is 0 Å². The largest absolute Gasteiger partial charge is 0.379 e. The van der Waals surface area contributed by atoms with Crippen molar-refractivity contribution >= 4 is 11.8 Å². The fourth-order valence-corrected chi connectivity index (χ4v) is 3.35. The first-order valence-electron chi connectivity index (χ1n) is 10.3. The normalized spacial score (nSPS) is 15.4. The van der Waals surface area contributed by atoms with E-state index in [4.69, 9.17) is 4.74 Å². The number of nitrogens with zero attached hydrogens (tertiary/aromatic N) is 4. The van der Waals surface area contributed by atoms with E-state index in [1.165, 1.54) is 18.6 Å². The summed E-state index contributed by atoms with van der Waals surface area (Å²) < 4.78 is 5.38. The van der Waals surface area contributed by atoms with Gasteiger partial charge in [-0.05, 0) is 12.5 Å². The lowest BCUT2D eigenvalue weighted by Crippen LogP contribution is -2.44. The molecule has 2 heterocycles. The van der Waals surface area contributed by atoms with E-state index in [0.717, 1.165) is 25.2 Å². The maximum absolute atomic E-state index is 12.9. The van der Waals surface area contributed by atoms with Gasteiger partial charge in [-0.2, -0.15) is 0 Å². The monoisotopic (exact) mass is 411 g/mol. The number of benzene rings is 1. The number of hydrogen-bond acceptors (Lipinski definition) is 6. The van der Waals surface area contributed by atoms with Crippen LogP contribution in [-0.2, 0) is 9.53 Å². The highest BCUT2D eigenvalue weighted by molar-refractivity contribution is 5.92. The van der Waals surface area contributed by atoms with E-state index in [9.17, 15) is 9.59 Å². The van der Waals surface area contributed by atoms with Crippen molar-refractivity contribution in [2.24, 2.45) is 0 Å². The summed E-state index contributed by atoms with van der Waals surface area (Å²) in [7, 11) is 0. The Morgan fingerprint density at radius 1 is 1.17 bits per heavy atom. The molecule has 2 aromatic rings. The molecule has 1 aliphatic rings. The molecule has 1 aliphatic heterocycles. The van der Waals surface area contributed by atoms with Gasteiger partial charge in [0.05, 0.1) is 25.5 Å². The van der Waals surface area contributed by atoms with E-state index in [0.29, 0.717) is 26.3 Å². The summed E-state index contributed by atoms with van der Waals surface area (Å²) >= 11 is 0. The lowest BCUT2D eigenvalue weighted by Gasteiger charge is -2.30. The van der Waals surface area contributed by atoms with Gasteiger partial charge in [0.2, 0.25) is 5.91 Å². The van der Waals surface area contributed by atoms with E-state index in [2.05, 4.69) is 20.2 Å². The van der Waals surface area contributed by atoms with Gasteiger partial charge in [-0.1, -0.05) is 30.3 Å². The Kier molecular flexibility index (Phi) is 8.29. The molecular formula is C22H29N5O3. The Morgan fingerprint density at radius 3 is 2.63 bits per heavy atom. The summed E-state index contributed by atoms with van der Waals surface area (Å²) in [5.74, 6) is -0.296. The molecule has 0 saturated carbocycles. The molecule has 30 heavy (non-hydrogen) atoms. The average molecular weight is 412 g/mol. The molecule has 0 aliphatic carbocycles. The number of hydrogen-bond donors (Lipinski definition) is 1. The number of carbonyl (C=O) groups excluding carboxylic acids is 2. The van der Waals surface area contributed by atoms with Gasteiger partial charge in [0.25, 0.3) is 5.91 Å². The molecule has 1 atom stereocenters. The minimum atomic E-state index is -0.208. The zero-order valence-corrected chi connectivity index (χ0v) is 17.4. The highest BCUT2D eigenvalue weighted by Crippen LogP contribution is 2.11. The fourth-order valence-electron chi connectivity index (χ4n) is 3.35. The van der Waals surface area contributed by atoms with Gasteiger partial charge in [0, 0.05) is 51.5 Å². The number of ether oxygens (including phenoxy) is 1. The number of amides is 2. The molecule has 8 nitrogen and oxygen atoms in total. The van der Waals surface area contributed by atoms with Crippen LogP contribution in [0.1, 0.15) is 35.4 Å². The van der Waals surface area contributed by atoms with E-state index >= 15 is 0 Å². The molecule has 160 valence electrons. The predicted molar refractivity (Wildman–Crippen MR) is 113 cm³/mol. The maximum atomic E-state index is 12.9. The Labute approximate surface area is 177 Å². The van der Waals surface area contributed by atoms with E-state index in [-0.39, 0.29) is 30.0 Å². The predicted octanol–water partition coefficient (Wildman–Crippen LogP) is 1.52. The van der Waals surface area contributed by atoms with Gasteiger partial charge in [0.1, 0.15) is 5.69 Å². The molecule has 1 N–H and O–H groups in total. The smallest absolute Gasteiger partial charge is 0.274 e. The fraction of sp³-hybridized carbons (Fsp3) is 0.455. The van der Waals surface area contributed by atoms with Crippen molar-refractivity contribution in [1.82, 2.24) is 25.1 Å². The molecule has 8 heteroatoms. The number of carbonyl (C=O) groups is 2. The highest BCUT2D eigenvalue weighted by Gasteiger charge is 2.20. The summed E-state index contributed by atoms with van der Waals surface area (Å²) in [6.45, 7) is 6.65. The third-order valence-electron chi connectivity index (χ3n) is 5.15. The van der Waals surface area contributed by atoms with Crippen LogP contribution in [0.2, 0.25) is 0 Å². The average Bonchev–Trinajstić information content (AvgIpc) is 2.80. The lowest BCUT2D eigenvalue weighted by atomic mass is 10.1. The van der Waals surface area contributed by atoms with Crippen LogP contribution in [0.5, 0.6) is 0 Å². The third-order valence-corrected chi connectivity index (χ3v) is 5.15. The van der Waals surface area contributed by atoms with Crippen LogP contribution in [0.25, 0.3) is 0 Å². The minimum Gasteiger partial charge on any atom is -0.379 e. The second-order valence-corrected chi connectivity index (χ2v) is 7.29. The van der Waals surface area contributed by atoms with Crippen molar-refractivity contribution in [2.75, 3.05) is 45.9 Å². The van der Waals surface area contributed by atoms with Crippen LogP contribution >= 0.6 is 0 Å². The number of rotatable bonds is 9. The first-order chi connectivity index (χ1) is 14.6. The minimum absolute atomic E-state index is 0.0869. The second-order valence-electron chi connectivity index (χ2n) is 7.29. The number of morpholine rings is 1. The number of nitrogens with one attached hydrogen (secondary N) is 1. The molecule has 1 fully saturated rings. The SMILES string of the molecule is C[C@H](NC(=O)CCN(CCN1CCOCC1)C(=O)c1cnccn1)c1ccccc1. The summed E-state index contributed by atoms with van der Waals surface area (Å²) in [5, 5.41) is 3.00. The van der Waals surface area contributed by atoms with Gasteiger partial charge in [-0.3, -0.25) is 19.5 Å². The zero-order valence-electron chi connectivity index (χ0n) is 17.4. The Bertz CT molecular complexity index is 797. The standard InChI is InChI=1S/C22H29N5O3/c1-18(19-5-3-2-4-6-19)25-21(28)7-10-27(12-11-26-13-15-30-16-14-26)22(29)20-17-23-8-9-24-20/h2-6,8-9,17-18H,7,10-16H2,1H3,(H,25,28)/t18-/m0/s1. The number of aromatic nitrogens is 2. The van der Waals surface area contributed by atoms with Crippen LogP contribution in [0.4, 0.5) is 0 Å². The quantitative estimate of drug-likeness (QED) is 0.673. The highest BCUT2D eigenvalue weighted by atomic mass is 16.5. The maximum Gasteiger partial charge on any atom is 0.274 e. The lowest BCUT2D eigenvalue weighted by molar-refractivity contribution is -0.121. The Morgan fingerprint density at radius 2 is 1.93 bits per heavy atom. The van der Waals surface area contributed by atoms with Crippen molar-refractivity contribution in [2.45, 2.75) is 19.4 Å². The Hall–Kier alpha value is -2.84. The molecule has 0 unspecified atom stereocenters.